The Hall–Kier alpha value is -4.78. The third-order valence-corrected chi connectivity index (χ3v) is 19.0. The number of hydrogen-bond acceptors (Lipinski definition) is 8. The van der Waals surface area contributed by atoms with Gasteiger partial charge in [-0.3, -0.25) is 4.79 Å². The lowest BCUT2D eigenvalue weighted by Gasteiger charge is -2.44. The first kappa shape index (κ1) is 79.2. The molecule has 528 valence electrons. The molecule has 0 aromatic heterocycles. The largest absolute Gasteiger partial charge is 0.374 e. The Labute approximate surface area is 576 Å². The van der Waals surface area contributed by atoms with Crippen LogP contribution in [0.4, 0.5) is 4.39 Å². The van der Waals surface area contributed by atoms with Crippen LogP contribution in [0.15, 0.2) is 152 Å². The van der Waals surface area contributed by atoms with Crippen molar-refractivity contribution in [3.8, 4) is 0 Å². The molecule has 0 aliphatic carbocycles. The molecule has 1 aliphatic rings. The third-order valence-electron chi connectivity index (χ3n) is 19.0. The van der Waals surface area contributed by atoms with E-state index < -0.39 is 49.0 Å². The van der Waals surface area contributed by atoms with Crippen molar-refractivity contribution in [1.82, 2.24) is 5.32 Å². The average molecular weight is 1310 g/mol. The van der Waals surface area contributed by atoms with Crippen LogP contribution < -0.4 is 5.32 Å². The molecule has 1 saturated heterocycles. The second-order valence-electron chi connectivity index (χ2n) is 27.3. The van der Waals surface area contributed by atoms with Gasteiger partial charge in [0.05, 0.1) is 58.4 Å². The van der Waals surface area contributed by atoms with Crippen molar-refractivity contribution in [2.24, 2.45) is 0 Å². The number of amides is 1. The Balaban J connectivity index is 1.14. The number of benzene rings is 5. The maximum absolute atomic E-state index is 17.5. The normalized spacial score (nSPS) is 17.4. The van der Waals surface area contributed by atoms with Gasteiger partial charge >= 0.3 is 0 Å². The van der Waals surface area contributed by atoms with Gasteiger partial charge < -0.3 is 38.5 Å². The second-order valence-corrected chi connectivity index (χ2v) is 27.3. The molecule has 1 heterocycles. The predicted octanol–water partition coefficient (Wildman–Crippen LogP) is 22.6. The first-order chi connectivity index (χ1) is 47.0. The Morgan fingerprint density at radius 3 is 1.14 bits per heavy atom. The summed E-state index contributed by atoms with van der Waals surface area (Å²) >= 11 is 0. The van der Waals surface area contributed by atoms with Gasteiger partial charge in [0.15, 0.2) is 12.5 Å². The van der Waals surface area contributed by atoms with E-state index in [1.807, 2.05) is 127 Å². The minimum atomic E-state index is -1.64. The van der Waals surface area contributed by atoms with E-state index >= 15 is 4.39 Å². The van der Waals surface area contributed by atoms with Gasteiger partial charge in [0, 0.05) is 6.42 Å². The first-order valence-corrected chi connectivity index (χ1v) is 38.4. The summed E-state index contributed by atoms with van der Waals surface area (Å²) in [4.78, 5) is 14.7. The Morgan fingerprint density at radius 2 is 0.737 bits per heavy atom. The zero-order chi connectivity index (χ0) is 66.5. The molecule has 0 radical (unpaired) electrons. The van der Waals surface area contributed by atoms with Crippen molar-refractivity contribution in [2.75, 3.05) is 13.2 Å². The lowest BCUT2D eigenvalue weighted by Crippen LogP contribution is -2.61. The molecule has 0 unspecified atom stereocenters. The summed E-state index contributed by atoms with van der Waals surface area (Å²) in [5.41, 5.74) is 4.85. The molecule has 10 heteroatoms. The fourth-order valence-electron chi connectivity index (χ4n) is 13.2. The molecule has 1 N–H and O–H groups in total. The van der Waals surface area contributed by atoms with Gasteiger partial charge in [-0.25, -0.2) is 4.39 Å². The van der Waals surface area contributed by atoms with Gasteiger partial charge in [-0.2, -0.15) is 0 Å². The van der Waals surface area contributed by atoms with Gasteiger partial charge in [-0.05, 0) is 40.7 Å². The van der Waals surface area contributed by atoms with Crippen molar-refractivity contribution in [2.45, 2.75) is 333 Å². The van der Waals surface area contributed by atoms with Gasteiger partial charge in [0.1, 0.15) is 24.4 Å². The number of unbranched alkanes of at least 4 members (excludes halogenated alkanes) is 33. The molecule has 1 aliphatic heterocycles. The summed E-state index contributed by atoms with van der Waals surface area (Å²) in [5, 5.41) is 3.49. The zero-order valence-electron chi connectivity index (χ0n) is 59.3. The van der Waals surface area contributed by atoms with Crippen LogP contribution in [0.5, 0.6) is 0 Å². The quantitative estimate of drug-likeness (QED) is 0.0385. The summed E-state index contributed by atoms with van der Waals surface area (Å²) in [6.45, 7) is 5.75. The van der Waals surface area contributed by atoms with Crippen LogP contribution in [0.2, 0.25) is 0 Å². The lowest BCUT2D eigenvalue weighted by molar-refractivity contribution is -0.314. The predicted molar refractivity (Wildman–Crippen MR) is 390 cm³/mol. The van der Waals surface area contributed by atoms with Gasteiger partial charge in [0.2, 0.25) is 5.91 Å². The Morgan fingerprint density at radius 1 is 0.400 bits per heavy atom. The minimum absolute atomic E-state index is 0.0376. The number of carbonyl (C=O) groups is 1. The van der Waals surface area contributed by atoms with E-state index in [2.05, 4.69) is 43.4 Å². The second kappa shape index (κ2) is 53.2. The maximum atomic E-state index is 17.5. The molecule has 5 aromatic rings. The SMILES string of the molecule is CCCCCCCCCCCCCCCCCCCCCCCCCC(=O)N[C@@H](CO[C@H]1O[C@H](COCc2ccccc2)[C@H](F)[C@H](OCc2ccccc2)[C@H]1OCc1ccccc1)[C@H](OCc1ccccc1)[C@@H](CCCCCCCCCCCCCC)OCc1ccccc1. The van der Waals surface area contributed by atoms with Crippen LogP contribution in [0.25, 0.3) is 0 Å². The number of rotatable bonds is 59. The highest BCUT2D eigenvalue weighted by atomic mass is 19.1. The summed E-state index contributed by atoms with van der Waals surface area (Å²) < 4.78 is 65.3. The Kier molecular flexibility index (Phi) is 44.4. The third kappa shape index (κ3) is 36.0. The molecule has 9 nitrogen and oxygen atoms in total. The molecule has 1 fully saturated rings. The molecule has 6 rings (SSSR count). The minimum Gasteiger partial charge on any atom is -0.374 e. The zero-order valence-corrected chi connectivity index (χ0v) is 59.3. The highest BCUT2D eigenvalue weighted by Gasteiger charge is 2.49. The van der Waals surface area contributed by atoms with E-state index in [1.165, 1.54) is 186 Å². The molecular weight excluding hydrogens is 1180 g/mol. The number of nitrogens with one attached hydrogen (secondary N) is 1. The average Bonchev–Trinajstić information content (AvgIpc) is 0.831. The summed E-state index contributed by atoms with van der Waals surface area (Å²) in [7, 11) is 0. The number of halogens is 1. The number of hydrogen-bond donors (Lipinski definition) is 1. The molecule has 0 spiro atoms. The maximum Gasteiger partial charge on any atom is 0.220 e. The van der Waals surface area contributed by atoms with E-state index in [0.29, 0.717) is 19.6 Å². The number of carbonyl (C=O) groups excluding carboxylic acids is 1. The molecular formula is C85H128FNO8. The fraction of sp³-hybridized carbons (Fsp3) is 0.635. The van der Waals surface area contributed by atoms with Crippen molar-refractivity contribution in [3.05, 3.63) is 179 Å². The van der Waals surface area contributed by atoms with Crippen molar-refractivity contribution in [3.63, 3.8) is 0 Å². The van der Waals surface area contributed by atoms with Gasteiger partial charge in [0.25, 0.3) is 0 Å². The topological polar surface area (TPSA) is 93.7 Å². The highest BCUT2D eigenvalue weighted by molar-refractivity contribution is 5.76. The molecule has 95 heavy (non-hydrogen) atoms. The monoisotopic (exact) mass is 1310 g/mol. The summed E-state index contributed by atoms with van der Waals surface area (Å²) in [6.07, 6.45) is 39.3. The molecule has 1 amide bonds. The first-order valence-electron chi connectivity index (χ1n) is 38.4. The summed E-state index contributed by atoms with van der Waals surface area (Å²) in [5.74, 6) is -0.0656. The Bertz CT molecular complexity index is 2530. The van der Waals surface area contributed by atoms with E-state index in [4.69, 9.17) is 33.2 Å². The molecule has 0 saturated carbocycles. The van der Waals surface area contributed by atoms with E-state index in [9.17, 15) is 4.79 Å². The van der Waals surface area contributed by atoms with Crippen LogP contribution in [-0.2, 0) is 71.0 Å². The molecule has 8 atom stereocenters. The molecule has 5 aromatic carbocycles. The molecule has 0 bridgehead atoms. The van der Waals surface area contributed by atoms with Gasteiger partial charge in [-0.1, -0.05) is 384 Å². The van der Waals surface area contributed by atoms with Crippen LogP contribution in [-0.4, -0.2) is 68.1 Å². The van der Waals surface area contributed by atoms with Crippen molar-refractivity contribution < 1.29 is 42.3 Å². The van der Waals surface area contributed by atoms with E-state index in [1.54, 1.807) is 0 Å². The highest BCUT2D eigenvalue weighted by Crippen LogP contribution is 2.32. The summed E-state index contributed by atoms with van der Waals surface area (Å²) in [6, 6.07) is 49.3. The van der Waals surface area contributed by atoms with Crippen LogP contribution >= 0.6 is 0 Å². The standard InChI is InChI=1S/C85H128FNO8/c1-3-5-7-9-11-13-15-17-18-19-20-21-22-23-24-25-26-27-29-31-33-35-52-64-80(88)87-77(82(91-67-74-57-45-38-46-58-74)78(90-66-73-55-43-37-44-56-73)63-51-34-32-30-28-16-14-12-10-8-6-4-2)70-94-85-84(93-69-76-61-49-40-50-62-76)83(92-68-75-59-47-39-48-60-75)81(86)79(95-85)71-89-65-72-53-41-36-42-54-72/h36-50,53-62,77-79,81-85H,3-35,51-52,63-71H2,1-2H3,(H,87,88)/t77-,78+,79+,81-,82-,83-,84+,85-/m0/s1. The van der Waals surface area contributed by atoms with Crippen molar-refractivity contribution >= 4 is 5.91 Å². The van der Waals surface area contributed by atoms with Crippen molar-refractivity contribution in [1.29, 1.82) is 0 Å². The van der Waals surface area contributed by atoms with Crippen LogP contribution in [0, 0.1) is 0 Å². The van der Waals surface area contributed by atoms with E-state index in [0.717, 1.165) is 72.8 Å². The number of alkyl halides is 1. The lowest BCUT2D eigenvalue weighted by atomic mass is 9.97. The van der Waals surface area contributed by atoms with E-state index in [-0.39, 0.29) is 38.9 Å². The number of ether oxygens (including phenoxy) is 7. The smallest absolute Gasteiger partial charge is 0.220 e. The van der Waals surface area contributed by atoms with Crippen LogP contribution in [0.1, 0.15) is 279 Å². The van der Waals surface area contributed by atoms with Crippen LogP contribution in [0.3, 0.4) is 0 Å². The van der Waals surface area contributed by atoms with Gasteiger partial charge in [-0.15, -0.1) is 0 Å². The fourth-order valence-corrected chi connectivity index (χ4v) is 13.2.